The molecule has 8 heteroatoms. The number of morpholine rings is 1. The van der Waals surface area contributed by atoms with Gasteiger partial charge in [-0.1, -0.05) is 31.4 Å². The quantitative estimate of drug-likeness (QED) is 0.344. The molecule has 7 nitrogen and oxygen atoms in total. The van der Waals surface area contributed by atoms with Crippen LogP contribution < -0.4 is 10.6 Å². The smallest absolute Gasteiger partial charge is 0.352 e. The van der Waals surface area contributed by atoms with Crippen LogP contribution in [0, 0.1) is 17.1 Å². The number of carbonyl (C=O) groups is 1. The predicted molar refractivity (Wildman–Crippen MR) is 119 cm³/mol. The van der Waals surface area contributed by atoms with E-state index < -0.39 is 5.97 Å². The Morgan fingerprint density at radius 3 is 2.72 bits per heavy atom. The molecule has 1 aliphatic heterocycles. The third kappa shape index (κ3) is 7.21. The minimum atomic E-state index is -0.622. The lowest BCUT2D eigenvalue weighted by Crippen LogP contribution is -2.48. The number of benzene rings is 1. The zero-order valence-corrected chi connectivity index (χ0v) is 18.7. The molecule has 2 aliphatic rings. The van der Waals surface area contributed by atoms with E-state index in [4.69, 9.17) is 9.47 Å². The number of nitrogens with zero attached hydrogens (tertiary/aromatic N) is 2. The van der Waals surface area contributed by atoms with E-state index in [9.17, 15) is 14.4 Å². The van der Waals surface area contributed by atoms with Gasteiger partial charge in [-0.3, -0.25) is 4.90 Å². The van der Waals surface area contributed by atoms with Crippen LogP contribution in [0.15, 0.2) is 35.7 Å². The zero-order chi connectivity index (χ0) is 22.8. The normalized spacial score (nSPS) is 20.7. The Morgan fingerprint density at radius 2 is 2.03 bits per heavy atom. The van der Waals surface area contributed by atoms with Crippen LogP contribution >= 0.6 is 0 Å². The van der Waals surface area contributed by atoms with Crippen molar-refractivity contribution < 1.29 is 18.7 Å². The van der Waals surface area contributed by atoms with Crippen molar-refractivity contribution in [1.29, 1.82) is 5.26 Å². The van der Waals surface area contributed by atoms with Gasteiger partial charge in [0.15, 0.2) is 5.57 Å². The highest BCUT2D eigenvalue weighted by molar-refractivity contribution is 5.93. The molecule has 0 radical (unpaired) electrons. The Bertz CT molecular complexity index is 816. The van der Waals surface area contributed by atoms with Gasteiger partial charge >= 0.3 is 5.97 Å². The van der Waals surface area contributed by atoms with Crippen LogP contribution in [-0.2, 0) is 20.8 Å². The number of hydrogen-bond acceptors (Lipinski definition) is 7. The summed E-state index contributed by atoms with van der Waals surface area (Å²) in [7, 11) is 0. The van der Waals surface area contributed by atoms with E-state index in [2.05, 4.69) is 15.5 Å². The van der Waals surface area contributed by atoms with Crippen molar-refractivity contribution in [2.24, 2.45) is 0 Å². The van der Waals surface area contributed by atoms with E-state index in [1.807, 2.05) is 6.07 Å². The summed E-state index contributed by atoms with van der Waals surface area (Å²) < 4.78 is 24.2. The Kier molecular flexibility index (Phi) is 9.32. The fourth-order valence-corrected chi connectivity index (χ4v) is 4.18. The molecule has 1 unspecified atom stereocenters. The molecule has 1 heterocycles. The predicted octanol–water partition coefficient (Wildman–Crippen LogP) is 2.84. The number of carbonyl (C=O) groups excluding carboxylic acids is 1. The van der Waals surface area contributed by atoms with Crippen molar-refractivity contribution >= 4 is 5.97 Å². The number of halogens is 1. The van der Waals surface area contributed by atoms with Crippen LogP contribution in [-0.4, -0.2) is 55.9 Å². The molecule has 1 saturated heterocycles. The number of hydrogen-bond donors (Lipinski definition) is 2. The molecule has 1 aromatic rings. The first kappa shape index (κ1) is 24.0. The molecule has 0 spiro atoms. The van der Waals surface area contributed by atoms with Crippen molar-refractivity contribution in [2.45, 2.75) is 57.7 Å². The van der Waals surface area contributed by atoms with Crippen LogP contribution in [0.4, 0.5) is 4.39 Å². The van der Waals surface area contributed by atoms with Crippen molar-refractivity contribution in [3.8, 4) is 6.07 Å². The number of nitrogens with one attached hydrogen (secondary N) is 2. The van der Waals surface area contributed by atoms with Gasteiger partial charge in [0.2, 0.25) is 0 Å². The molecule has 32 heavy (non-hydrogen) atoms. The van der Waals surface area contributed by atoms with Gasteiger partial charge in [0.1, 0.15) is 17.7 Å². The molecule has 174 valence electrons. The van der Waals surface area contributed by atoms with E-state index in [1.165, 1.54) is 18.6 Å². The number of rotatable bonds is 9. The highest BCUT2D eigenvalue weighted by atomic mass is 19.1. The number of esters is 1. The lowest BCUT2D eigenvalue weighted by molar-refractivity contribution is -0.138. The minimum Gasteiger partial charge on any atom is -0.462 e. The summed E-state index contributed by atoms with van der Waals surface area (Å²) in [6.07, 6.45) is 5.41. The van der Waals surface area contributed by atoms with Gasteiger partial charge < -0.3 is 20.1 Å². The molecule has 0 bridgehead atoms. The highest BCUT2D eigenvalue weighted by Crippen LogP contribution is 2.19. The Balaban J connectivity index is 1.62. The zero-order valence-electron chi connectivity index (χ0n) is 18.7. The Hall–Kier alpha value is -2.63. The summed E-state index contributed by atoms with van der Waals surface area (Å²) in [6.45, 7) is 5.19. The van der Waals surface area contributed by atoms with Crippen molar-refractivity contribution in [1.82, 2.24) is 15.5 Å². The lowest BCUT2D eigenvalue weighted by atomic mass is 9.95. The molecule has 1 aromatic carbocycles. The third-order valence-corrected chi connectivity index (χ3v) is 5.84. The van der Waals surface area contributed by atoms with Crippen molar-refractivity contribution in [3.05, 3.63) is 47.0 Å². The van der Waals surface area contributed by atoms with Crippen LogP contribution in [0.1, 0.15) is 44.6 Å². The molecule has 0 aromatic heterocycles. The summed E-state index contributed by atoms with van der Waals surface area (Å²) in [6, 6.07) is 8.78. The summed E-state index contributed by atoms with van der Waals surface area (Å²) in [4.78, 5) is 14.6. The van der Waals surface area contributed by atoms with Crippen molar-refractivity contribution in [3.63, 3.8) is 0 Å². The molecule has 2 fully saturated rings. The monoisotopic (exact) mass is 444 g/mol. The van der Waals surface area contributed by atoms with Crippen LogP contribution in [0.25, 0.3) is 0 Å². The van der Waals surface area contributed by atoms with Gasteiger partial charge in [-0.15, -0.1) is 0 Å². The maximum Gasteiger partial charge on any atom is 0.352 e. The van der Waals surface area contributed by atoms with E-state index in [1.54, 1.807) is 19.1 Å². The molecular weight excluding hydrogens is 411 g/mol. The second-order valence-corrected chi connectivity index (χ2v) is 8.30. The first-order valence-corrected chi connectivity index (χ1v) is 11.5. The van der Waals surface area contributed by atoms with E-state index in [0.29, 0.717) is 25.5 Å². The van der Waals surface area contributed by atoms with Gasteiger partial charge in [0.05, 0.1) is 19.3 Å². The van der Waals surface area contributed by atoms with Gasteiger partial charge in [-0.2, -0.15) is 5.26 Å². The fourth-order valence-electron chi connectivity index (χ4n) is 4.18. The second-order valence-electron chi connectivity index (χ2n) is 8.30. The molecule has 1 saturated carbocycles. The van der Waals surface area contributed by atoms with Gasteiger partial charge in [0, 0.05) is 32.2 Å². The van der Waals surface area contributed by atoms with Crippen LogP contribution in [0.2, 0.25) is 0 Å². The molecule has 3 rings (SSSR count). The van der Waals surface area contributed by atoms with Crippen LogP contribution in [0.3, 0.4) is 0 Å². The summed E-state index contributed by atoms with van der Waals surface area (Å²) in [5.74, 6) is -0.433. The molecule has 1 atom stereocenters. The highest BCUT2D eigenvalue weighted by Gasteiger charge is 2.24. The Labute approximate surface area is 189 Å². The summed E-state index contributed by atoms with van der Waals surface area (Å²) in [5, 5.41) is 16.3. The van der Waals surface area contributed by atoms with Crippen LogP contribution in [0.5, 0.6) is 0 Å². The standard InChI is InChI=1S/C24H33FN4O3/c1-2-31-24(30)22(14-26)23(28-20-6-4-3-5-7-20)27-15-21-17-29(12-13-32-21)16-18-8-10-19(25)11-9-18/h8-11,20-21,27-28H,2-7,12-13,15-17H2,1H3. The third-order valence-electron chi connectivity index (χ3n) is 5.84. The minimum absolute atomic E-state index is 0.0311. The Morgan fingerprint density at radius 1 is 1.28 bits per heavy atom. The molecule has 1 aliphatic carbocycles. The SMILES string of the molecule is CCOC(=O)C(C#N)=C(NCC1CN(Cc2ccc(F)cc2)CCO1)NC1CCCCC1. The lowest BCUT2D eigenvalue weighted by Gasteiger charge is -2.34. The first-order chi connectivity index (χ1) is 15.6. The molecule has 2 N–H and O–H groups in total. The largest absolute Gasteiger partial charge is 0.462 e. The van der Waals surface area contributed by atoms with Crippen molar-refractivity contribution in [2.75, 3.05) is 32.8 Å². The second kappa shape index (κ2) is 12.4. The maximum absolute atomic E-state index is 13.2. The van der Waals surface area contributed by atoms with E-state index in [-0.39, 0.29) is 30.1 Å². The molecular formula is C24H33FN4O3. The summed E-state index contributed by atoms with van der Waals surface area (Å²) in [5.41, 5.74) is 1.02. The number of ether oxygens (including phenoxy) is 2. The summed E-state index contributed by atoms with van der Waals surface area (Å²) >= 11 is 0. The maximum atomic E-state index is 13.2. The number of nitriles is 1. The van der Waals surface area contributed by atoms with E-state index in [0.717, 1.165) is 44.3 Å². The van der Waals surface area contributed by atoms with Gasteiger partial charge in [0.25, 0.3) is 0 Å². The van der Waals surface area contributed by atoms with Gasteiger partial charge in [-0.25, -0.2) is 9.18 Å². The van der Waals surface area contributed by atoms with E-state index >= 15 is 0 Å². The average Bonchev–Trinajstić information content (AvgIpc) is 2.80. The average molecular weight is 445 g/mol. The van der Waals surface area contributed by atoms with Gasteiger partial charge in [-0.05, 0) is 37.5 Å². The first-order valence-electron chi connectivity index (χ1n) is 11.5. The topological polar surface area (TPSA) is 86.6 Å². The fraction of sp³-hybridized carbons (Fsp3) is 0.583. The molecule has 0 amide bonds.